The van der Waals surface area contributed by atoms with Crippen LogP contribution >= 0.6 is 0 Å². The molecule has 1 aromatic carbocycles. The van der Waals surface area contributed by atoms with Gasteiger partial charge in [-0.15, -0.1) is 0 Å². The SMILES string of the molecule is CS(=O)(=O)c1cccc(N2CC(CO)C2)c1[N+](=O)[O-]. The fourth-order valence-electron chi connectivity index (χ4n) is 2.13. The van der Waals surface area contributed by atoms with E-state index in [1.54, 1.807) is 4.90 Å². The maximum absolute atomic E-state index is 11.6. The van der Waals surface area contributed by atoms with Gasteiger partial charge in [0.2, 0.25) is 0 Å². The second kappa shape index (κ2) is 4.78. The molecule has 1 saturated heterocycles. The first-order chi connectivity index (χ1) is 8.84. The zero-order chi connectivity index (χ0) is 14.2. The lowest BCUT2D eigenvalue weighted by molar-refractivity contribution is -0.387. The molecule has 0 saturated carbocycles. The average molecular weight is 286 g/mol. The van der Waals surface area contributed by atoms with Crippen molar-refractivity contribution in [2.75, 3.05) is 30.9 Å². The Kier molecular flexibility index (Phi) is 3.46. The molecule has 1 aliphatic heterocycles. The fraction of sp³-hybridized carbons (Fsp3) is 0.455. The van der Waals surface area contributed by atoms with Crippen LogP contribution in [0.5, 0.6) is 0 Å². The van der Waals surface area contributed by atoms with Crippen molar-refractivity contribution in [1.82, 2.24) is 0 Å². The summed E-state index contributed by atoms with van der Waals surface area (Å²) >= 11 is 0. The Morgan fingerprint density at radius 1 is 1.47 bits per heavy atom. The minimum absolute atomic E-state index is 0.0239. The van der Waals surface area contributed by atoms with Crippen molar-refractivity contribution in [3.05, 3.63) is 28.3 Å². The average Bonchev–Trinajstić information content (AvgIpc) is 2.25. The van der Waals surface area contributed by atoms with Crippen molar-refractivity contribution in [2.24, 2.45) is 5.92 Å². The maximum Gasteiger partial charge on any atom is 0.311 e. The van der Waals surface area contributed by atoms with Crippen LogP contribution in [0, 0.1) is 16.0 Å². The van der Waals surface area contributed by atoms with Gasteiger partial charge < -0.3 is 10.0 Å². The van der Waals surface area contributed by atoms with E-state index in [1.165, 1.54) is 18.2 Å². The van der Waals surface area contributed by atoms with Crippen LogP contribution in [0.1, 0.15) is 0 Å². The number of nitrogens with zero attached hydrogens (tertiary/aromatic N) is 2. The molecule has 1 aromatic rings. The Labute approximate surface area is 110 Å². The molecule has 0 bridgehead atoms. The third-order valence-corrected chi connectivity index (χ3v) is 4.24. The van der Waals surface area contributed by atoms with Crippen LogP contribution in [-0.2, 0) is 9.84 Å². The molecule has 19 heavy (non-hydrogen) atoms. The minimum Gasteiger partial charge on any atom is -0.396 e. The van der Waals surface area contributed by atoms with Gasteiger partial charge in [0, 0.05) is 31.9 Å². The zero-order valence-electron chi connectivity index (χ0n) is 10.3. The smallest absolute Gasteiger partial charge is 0.311 e. The largest absolute Gasteiger partial charge is 0.396 e. The first kappa shape index (κ1) is 13.8. The molecule has 7 nitrogen and oxygen atoms in total. The Morgan fingerprint density at radius 3 is 2.58 bits per heavy atom. The van der Waals surface area contributed by atoms with Crippen molar-refractivity contribution >= 4 is 21.2 Å². The normalized spacial score (nSPS) is 16.2. The predicted molar refractivity (Wildman–Crippen MR) is 69.0 cm³/mol. The first-order valence-corrected chi connectivity index (χ1v) is 7.57. The van der Waals surface area contributed by atoms with Crippen molar-refractivity contribution < 1.29 is 18.4 Å². The molecular weight excluding hydrogens is 272 g/mol. The number of nitro groups is 1. The van der Waals surface area contributed by atoms with E-state index < -0.39 is 14.8 Å². The number of sulfone groups is 1. The number of rotatable bonds is 4. The molecule has 0 amide bonds. The second-order valence-corrected chi connectivity index (χ2v) is 6.59. The molecule has 0 aliphatic carbocycles. The highest BCUT2D eigenvalue weighted by atomic mass is 32.2. The summed E-state index contributed by atoms with van der Waals surface area (Å²) in [6.45, 7) is 1.01. The minimum atomic E-state index is -3.66. The monoisotopic (exact) mass is 286 g/mol. The van der Waals surface area contributed by atoms with Gasteiger partial charge in [0.25, 0.3) is 0 Å². The number of anilines is 1. The number of aliphatic hydroxyl groups excluding tert-OH is 1. The van der Waals surface area contributed by atoms with Gasteiger partial charge >= 0.3 is 5.69 Å². The number of para-hydroxylation sites is 1. The van der Waals surface area contributed by atoms with Gasteiger partial charge in [0.1, 0.15) is 10.6 Å². The highest BCUT2D eigenvalue weighted by Crippen LogP contribution is 2.37. The Hall–Kier alpha value is -1.67. The van der Waals surface area contributed by atoms with Crippen molar-refractivity contribution in [3.8, 4) is 0 Å². The highest BCUT2D eigenvalue weighted by molar-refractivity contribution is 7.90. The molecule has 0 atom stereocenters. The van der Waals surface area contributed by atoms with E-state index in [-0.39, 0.29) is 28.8 Å². The van der Waals surface area contributed by atoms with Crippen LogP contribution in [0.2, 0.25) is 0 Å². The van der Waals surface area contributed by atoms with E-state index in [9.17, 15) is 18.5 Å². The number of benzene rings is 1. The molecule has 0 aromatic heterocycles. The zero-order valence-corrected chi connectivity index (χ0v) is 11.1. The molecule has 0 radical (unpaired) electrons. The number of hydrogen-bond donors (Lipinski definition) is 1. The summed E-state index contributed by atoms with van der Waals surface area (Å²) < 4.78 is 23.2. The Bertz CT molecular complexity index is 608. The van der Waals surface area contributed by atoms with Gasteiger partial charge in [-0.1, -0.05) is 6.07 Å². The van der Waals surface area contributed by atoms with E-state index in [2.05, 4.69) is 0 Å². The lowest BCUT2D eigenvalue weighted by atomic mass is 10.00. The molecule has 1 N–H and O–H groups in total. The maximum atomic E-state index is 11.6. The van der Waals surface area contributed by atoms with Crippen LogP contribution in [0.25, 0.3) is 0 Å². The van der Waals surface area contributed by atoms with Crippen LogP contribution in [-0.4, -0.2) is 44.4 Å². The third kappa shape index (κ3) is 2.54. The van der Waals surface area contributed by atoms with Crippen molar-refractivity contribution in [3.63, 3.8) is 0 Å². The molecule has 104 valence electrons. The molecule has 0 spiro atoms. The summed E-state index contributed by atoms with van der Waals surface area (Å²) in [5, 5.41) is 20.1. The van der Waals surface area contributed by atoms with Crippen LogP contribution < -0.4 is 4.90 Å². The number of aliphatic hydroxyl groups is 1. The topological polar surface area (TPSA) is 101 Å². The van der Waals surface area contributed by atoms with Crippen LogP contribution in [0.3, 0.4) is 0 Å². The van der Waals surface area contributed by atoms with Crippen LogP contribution in [0.4, 0.5) is 11.4 Å². The standard InChI is InChI=1S/C11H14N2O5S/c1-19(17,18)10-4-2-3-9(11(10)13(15)16)12-5-8(6-12)7-14/h2-4,8,14H,5-7H2,1H3. The lowest BCUT2D eigenvalue weighted by Gasteiger charge is -2.39. The summed E-state index contributed by atoms with van der Waals surface area (Å²) in [6, 6.07) is 4.26. The van der Waals surface area contributed by atoms with Gasteiger partial charge in [-0.25, -0.2) is 8.42 Å². The summed E-state index contributed by atoms with van der Waals surface area (Å²) in [7, 11) is -3.66. The van der Waals surface area contributed by atoms with E-state index in [4.69, 9.17) is 5.11 Å². The summed E-state index contributed by atoms with van der Waals surface area (Å²) in [6.07, 6.45) is 0.950. The molecule has 0 unspecified atom stereocenters. The molecular formula is C11H14N2O5S. The number of hydrogen-bond acceptors (Lipinski definition) is 6. The van der Waals surface area contributed by atoms with Gasteiger partial charge in [0.15, 0.2) is 9.84 Å². The highest BCUT2D eigenvalue weighted by Gasteiger charge is 2.34. The summed E-state index contributed by atoms with van der Waals surface area (Å²) in [5.74, 6) is 0.0847. The van der Waals surface area contributed by atoms with Crippen molar-refractivity contribution in [2.45, 2.75) is 4.90 Å². The Morgan fingerprint density at radius 2 is 2.11 bits per heavy atom. The van der Waals surface area contributed by atoms with Gasteiger partial charge in [-0.3, -0.25) is 10.1 Å². The van der Waals surface area contributed by atoms with Gasteiger partial charge in [0.05, 0.1) is 4.92 Å². The lowest BCUT2D eigenvalue weighted by Crippen LogP contribution is -2.48. The second-order valence-electron chi connectivity index (χ2n) is 4.61. The van der Waals surface area contributed by atoms with E-state index >= 15 is 0 Å². The summed E-state index contributed by atoms with van der Waals surface area (Å²) in [5.41, 5.74) is -0.0981. The Balaban J connectivity index is 2.48. The molecule has 1 aliphatic rings. The van der Waals surface area contributed by atoms with Crippen molar-refractivity contribution in [1.29, 1.82) is 0 Å². The van der Waals surface area contributed by atoms with E-state index in [1.807, 2.05) is 0 Å². The first-order valence-electron chi connectivity index (χ1n) is 5.68. The predicted octanol–water partition coefficient (Wildman–Crippen LogP) is 0.427. The van der Waals surface area contributed by atoms with E-state index in [0.717, 1.165) is 6.26 Å². The molecule has 1 heterocycles. The van der Waals surface area contributed by atoms with E-state index in [0.29, 0.717) is 13.1 Å². The fourth-order valence-corrected chi connectivity index (χ4v) is 2.99. The van der Waals surface area contributed by atoms with Crippen LogP contribution in [0.15, 0.2) is 23.1 Å². The summed E-state index contributed by atoms with van der Waals surface area (Å²) in [4.78, 5) is 11.9. The van der Waals surface area contributed by atoms with Gasteiger partial charge in [-0.2, -0.15) is 0 Å². The molecule has 1 fully saturated rings. The van der Waals surface area contributed by atoms with Gasteiger partial charge in [-0.05, 0) is 12.1 Å². The molecule has 8 heteroatoms. The number of nitro benzene ring substituents is 1. The third-order valence-electron chi connectivity index (χ3n) is 3.12. The quantitative estimate of drug-likeness (QED) is 0.636. The molecule has 2 rings (SSSR count).